The van der Waals surface area contributed by atoms with Crippen LogP contribution in [0.1, 0.15) is 16.1 Å². The number of aliphatic carboxylic acids is 1. The fourth-order valence-corrected chi connectivity index (χ4v) is 1.86. The summed E-state index contributed by atoms with van der Waals surface area (Å²) < 4.78 is 0. The third kappa shape index (κ3) is 4.75. The van der Waals surface area contributed by atoms with E-state index in [1.165, 1.54) is 12.3 Å². The number of carbonyl (C=O) groups is 2. The van der Waals surface area contributed by atoms with Gasteiger partial charge in [0.05, 0.1) is 0 Å². The fraction of sp³-hybridized carbons (Fsp3) is 0.308. The van der Waals surface area contributed by atoms with E-state index in [0.717, 1.165) is 11.8 Å². The lowest BCUT2D eigenvalue weighted by Gasteiger charge is -2.16. The van der Waals surface area contributed by atoms with Crippen molar-refractivity contribution in [2.75, 3.05) is 25.6 Å². The Hall–Kier alpha value is -1.82. The molecule has 0 bridgehead atoms. The van der Waals surface area contributed by atoms with E-state index in [9.17, 15) is 9.59 Å². The zero-order valence-corrected chi connectivity index (χ0v) is 11.7. The predicted octanol–water partition coefficient (Wildman–Crippen LogP) is 1.61. The van der Waals surface area contributed by atoms with Crippen LogP contribution >= 0.6 is 11.8 Å². The largest absolute Gasteiger partial charge is 0.478 e. The third-order valence-corrected chi connectivity index (χ3v) is 3.02. The van der Waals surface area contributed by atoms with Crippen molar-refractivity contribution in [3.63, 3.8) is 0 Å². The number of rotatable bonds is 6. The number of amides is 1. The summed E-state index contributed by atoms with van der Waals surface area (Å²) >= 11 is 1.65. The van der Waals surface area contributed by atoms with Gasteiger partial charge in [-0.3, -0.25) is 9.78 Å². The van der Waals surface area contributed by atoms with Crippen molar-refractivity contribution in [2.45, 2.75) is 0 Å². The number of carboxylic acids is 1. The molecule has 1 N–H and O–H groups in total. The Labute approximate surface area is 116 Å². The van der Waals surface area contributed by atoms with Crippen LogP contribution in [-0.2, 0) is 4.79 Å². The quantitative estimate of drug-likeness (QED) is 0.802. The first-order valence-corrected chi connectivity index (χ1v) is 7.06. The number of aromatic nitrogens is 1. The summed E-state index contributed by atoms with van der Waals surface area (Å²) in [5, 5.41) is 8.62. The number of carboxylic acid groups (broad SMARTS) is 1. The van der Waals surface area contributed by atoms with Gasteiger partial charge in [0.2, 0.25) is 0 Å². The van der Waals surface area contributed by atoms with Crippen molar-refractivity contribution < 1.29 is 14.7 Å². The smallest absolute Gasteiger partial charge is 0.328 e. The van der Waals surface area contributed by atoms with Gasteiger partial charge in [0.1, 0.15) is 5.69 Å². The molecule has 0 saturated carbocycles. The maximum Gasteiger partial charge on any atom is 0.328 e. The van der Waals surface area contributed by atoms with Gasteiger partial charge < -0.3 is 10.0 Å². The average Bonchev–Trinajstić information content (AvgIpc) is 2.42. The Kier molecular flexibility index (Phi) is 6.08. The Balaban J connectivity index is 2.93. The van der Waals surface area contributed by atoms with Gasteiger partial charge in [-0.05, 0) is 18.4 Å². The molecule has 5 nitrogen and oxygen atoms in total. The summed E-state index contributed by atoms with van der Waals surface area (Å²) in [6.45, 7) is 0.624. The van der Waals surface area contributed by atoms with E-state index in [1.807, 2.05) is 6.26 Å². The summed E-state index contributed by atoms with van der Waals surface area (Å²) in [6.07, 6.45) is 5.87. The Morgan fingerprint density at radius 2 is 2.26 bits per heavy atom. The molecular formula is C13H16N2O3S. The van der Waals surface area contributed by atoms with Crippen molar-refractivity contribution in [1.82, 2.24) is 9.88 Å². The van der Waals surface area contributed by atoms with Crippen LogP contribution in [0, 0.1) is 0 Å². The van der Waals surface area contributed by atoms with Gasteiger partial charge in [0, 0.05) is 37.2 Å². The molecule has 0 fully saturated rings. The molecule has 1 aromatic rings. The van der Waals surface area contributed by atoms with E-state index >= 15 is 0 Å². The molecule has 1 heterocycles. The number of hydrogen-bond acceptors (Lipinski definition) is 4. The average molecular weight is 280 g/mol. The molecule has 1 rings (SSSR count). The molecule has 0 atom stereocenters. The van der Waals surface area contributed by atoms with Gasteiger partial charge in [0.15, 0.2) is 0 Å². The number of pyridine rings is 1. The Morgan fingerprint density at radius 1 is 1.53 bits per heavy atom. The molecule has 0 aliphatic heterocycles. The highest BCUT2D eigenvalue weighted by molar-refractivity contribution is 7.98. The van der Waals surface area contributed by atoms with E-state index in [4.69, 9.17) is 5.11 Å². The molecule has 0 aliphatic rings. The van der Waals surface area contributed by atoms with Gasteiger partial charge in [-0.2, -0.15) is 11.8 Å². The molecule has 1 amide bonds. The number of hydrogen-bond donors (Lipinski definition) is 1. The van der Waals surface area contributed by atoms with E-state index in [-0.39, 0.29) is 11.6 Å². The fourth-order valence-electron chi connectivity index (χ4n) is 1.40. The van der Waals surface area contributed by atoms with Crippen LogP contribution in [0.2, 0.25) is 0 Å². The second-order valence-corrected chi connectivity index (χ2v) is 4.82. The summed E-state index contributed by atoms with van der Waals surface area (Å²) in [5.41, 5.74) is 0.773. The van der Waals surface area contributed by atoms with Crippen LogP contribution in [-0.4, -0.2) is 52.5 Å². The van der Waals surface area contributed by atoms with Crippen molar-refractivity contribution >= 4 is 29.7 Å². The lowest BCUT2D eigenvalue weighted by Crippen LogP contribution is -2.30. The summed E-state index contributed by atoms with van der Waals surface area (Å²) in [4.78, 5) is 28.3. The van der Waals surface area contributed by atoms with E-state index < -0.39 is 5.97 Å². The summed E-state index contributed by atoms with van der Waals surface area (Å²) in [7, 11) is 1.71. The minimum Gasteiger partial charge on any atom is -0.478 e. The standard InChI is InChI=1S/C13H16N2O3S/c1-15(8-9-19-2)13(18)12-10(4-3-7-14-12)5-6-11(16)17/h3-7H,8-9H2,1-2H3,(H,16,17)/b6-5+. The second-order valence-electron chi connectivity index (χ2n) is 3.83. The molecule has 0 saturated heterocycles. The van der Waals surface area contributed by atoms with Crippen molar-refractivity contribution in [3.8, 4) is 0 Å². The molecule has 102 valence electrons. The Bertz CT molecular complexity index is 489. The normalized spacial score (nSPS) is 10.6. The minimum atomic E-state index is -1.06. The highest BCUT2D eigenvalue weighted by Crippen LogP contribution is 2.10. The van der Waals surface area contributed by atoms with E-state index in [2.05, 4.69) is 4.98 Å². The maximum atomic E-state index is 12.2. The monoisotopic (exact) mass is 280 g/mol. The maximum absolute atomic E-state index is 12.2. The van der Waals surface area contributed by atoms with E-state index in [0.29, 0.717) is 12.1 Å². The molecular weight excluding hydrogens is 264 g/mol. The third-order valence-electron chi connectivity index (χ3n) is 2.42. The number of thioether (sulfide) groups is 1. The van der Waals surface area contributed by atoms with Crippen LogP contribution < -0.4 is 0 Å². The molecule has 1 aromatic heterocycles. The van der Waals surface area contributed by atoms with Crippen molar-refractivity contribution in [3.05, 3.63) is 35.7 Å². The molecule has 6 heteroatoms. The summed E-state index contributed by atoms with van der Waals surface area (Å²) in [6, 6.07) is 3.34. The molecule has 0 radical (unpaired) electrons. The van der Waals surface area contributed by atoms with Gasteiger partial charge in [-0.1, -0.05) is 6.07 Å². The van der Waals surface area contributed by atoms with Crippen LogP contribution in [0.15, 0.2) is 24.4 Å². The van der Waals surface area contributed by atoms with Gasteiger partial charge in [-0.25, -0.2) is 4.79 Å². The van der Waals surface area contributed by atoms with Crippen molar-refractivity contribution in [1.29, 1.82) is 0 Å². The minimum absolute atomic E-state index is 0.209. The highest BCUT2D eigenvalue weighted by Gasteiger charge is 2.15. The first-order valence-electron chi connectivity index (χ1n) is 5.66. The number of carbonyl (C=O) groups excluding carboxylic acids is 1. The summed E-state index contributed by atoms with van der Waals surface area (Å²) in [5.74, 6) is -0.423. The Morgan fingerprint density at radius 3 is 2.89 bits per heavy atom. The molecule has 0 unspecified atom stereocenters. The number of nitrogens with zero attached hydrogens (tertiary/aromatic N) is 2. The molecule has 0 aliphatic carbocycles. The van der Waals surface area contributed by atoms with Crippen LogP contribution in [0.5, 0.6) is 0 Å². The lowest BCUT2D eigenvalue weighted by molar-refractivity contribution is -0.131. The predicted molar refractivity (Wildman–Crippen MR) is 76.2 cm³/mol. The highest BCUT2D eigenvalue weighted by atomic mass is 32.2. The zero-order chi connectivity index (χ0) is 14.3. The lowest BCUT2D eigenvalue weighted by atomic mass is 10.1. The SMILES string of the molecule is CSCCN(C)C(=O)c1ncccc1/C=C/C(=O)O. The van der Waals surface area contributed by atoms with Crippen LogP contribution in [0.3, 0.4) is 0 Å². The molecule has 0 spiro atoms. The van der Waals surface area contributed by atoms with Gasteiger partial charge in [-0.15, -0.1) is 0 Å². The zero-order valence-electron chi connectivity index (χ0n) is 10.9. The molecule has 0 aromatic carbocycles. The van der Waals surface area contributed by atoms with Crippen molar-refractivity contribution in [2.24, 2.45) is 0 Å². The van der Waals surface area contributed by atoms with E-state index in [1.54, 1.807) is 35.8 Å². The topological polar surface area (TPSA) is 70.5 Å². The first-order chi connectivity index (χ1) is 9.06. The van der Waals surface area contributed by atoms with Crippen LogP contribution in [0.4, 0.5) is 0 Å². The molecule has 19 heavy (non-hydrogen) atoms. The van der Waals surface area contributed by atoms with Gasteiger partial charge in [0.25, 0.3) is 5.91 Å². The first kappa shape index (κ1) is 15.2. The van der Waals surface area contributed by atoms with Gasteiger partial charge >= 0.3 is 5.97 Å². The second kappa shape index (κ2) is 7.58. The van der Waals surface area contributed by atoms with Crippen LogP contribution in [0.25, 0.3) is 6.08 Å².